The molecule has 1 amide bonds. The lowest BCUT2D eigenvalue weighted by atomic mass is 10.0. The van der Waals surface area contributed by atoms with Crippen LogP contribution in [-0.4, -0.2) is 46.0 Å². The summed E-state index contributed by atoms with van der Waals surface area (Å²) in [5.41, 5.74) is 0.909. The summed E-state index contributed by atoms with van der Waals surface area (Å²) in [6.45, 7) is 7.35. The molecule has 1 aromatic carbocycles. The van der Waals surface area contributed by atoms with Gasteiger partial charge in [-0.2, -0.15) is 0 Å². The number of aromatic nitrogens is 1. The molecule has 3 rings (SSSR count). The van der Waals surface area contributed by atoms with Crippen molar-refractivity contribution in [2.75, 3.05) is 19.6 Å². The number of nitrogens with zero attached hydrogens (tertiary/aromatic N) is 3. The van der Waals surface area contributed by atoms with Crippen LogP contribution < -0.4 is 5.56 Å². The summed E-state index contributed by atoms with van der Waals surface area (Å²) in [5.74, 6) is 0.115. The van der Waals surface area contributed by atoms with E-state index in [0.29, 0.717) is 19.0 Å². The third-order valence-electron chi connectivity index (χ3n) is 5.38. The number of hydrogen-bond acceptors (Lipinski definition) is 3. The lowest BCUT2D eigenvalue weighted by Gasteiger charge is -2.34. The Hall–Kier alpha value is -2.47. The molecule has 1 fully saturated rings. The van der Waals surface area contributed by atoms with Crippen molar-refractivity contribution in [3.8, 4) is 0 Å². The summed E-state index contributed by atoms with van der Waals surface area (Å²) in [7, 11) is 0. The molecule has 150 valence electrons. The van der Waals surface area contributed by atoms with Crippen molar-refractivity contribution in [2.24, 2.45) is 5.92 Å². The van der Waals surface area contributed by atoms with E-state index in [1.54, 1.807) is 18.3 Å². The maximum atomic E-state index is 13.2. The number of pyridine rings is 1. The second kappa shape index (κ2) is 9.15. The maximum Gasteiger partial charge on any atom is 0.250 e. The fourth-order valence-electron chi connectivity index (χ4n) is 3.78. The molecule has 0 saturated carbocycles. The summed E-state index contributed by atoms with van der Waals surface area (Å²) in [6, 6.07) is 11.7. The van der Waals surface area contributed by atoms with Crippen LogP contribution >= 0.6 is 0 Å². The van der Waals surface area contributed by atoms with Gasteiger partial charge in [-0.05, 0) is 36.1 Å². The molecule has 1 aromatic heterocycles. The molecule has 0 N–H and O–H groups in total. The standard InChI is InChI=1S/C22H28FN3O2/c1-17(2)20-15-25(22(28)16-26-11-4-3-6-21(26)27)13-5-12-24(20)14-18-7-9-19(23)10-8-18/h3-4,6-11,17,20H,5,12-16H2,1-2H3. The third kappa shape index (κ3) is 5.07. The fourth-order valence-corrected chi connectivity index (χ4v) is 3.78. The highest BCUT2D eigenvalue weighted by Gasteiger charge is 2.29. The summed E-state index contributed by atoms with van der Waals surface area (Å²) >= 11 is 0. The Morgan fingerprint density at radius 1 is 1.14 bits per heavy atom. The zero-order chi connectivity index (χ0) is 20.1. The normalized spacial score (nSPS) is 18.3. The molecule has 0 spiro atoms. The van der Waals surface area contributed by atoms with Crippen molar-refractivity contribution in [1.29, 1.82) is 0 Å². The van der Waals surface area contributed by atoms with Crippen molar-refractivity contribution in [1.82, 2.24) is 14.4 Å². The third-order valence-corrected chi connectivity index (χ3v) is 5.38. The van der Waals surface area contributed by atoms with Crippen LogP contribution in [-0.2, 0) is 17.9 Å². The van der Waals surface area contributed by atoms with Gasteiger partial charge in [-0.25, -0.2) is 4.39 Å². The predicted octanol–water partition coefficient (Wildman–Crippen LogP) is 2.75. The molecule has 1 aliphatic heterocycles. The first kappa shape index (κ1) is 20.3. The fraction of sp³-hybridized carbons (Fsp3) is 0.455. The van der Waals surface area contributed by atoms with E-state index in [2.05, 4.69) is 18.7 Å². The molecule has 0 bridgehead atoms. The summed E-state index contributed by atoms with van der Waals surface area (Å²) in [6.07, 6.45) is 2.53. The van der Waals surface area contributed by atoms with E-state index in [1.807, 2.05) is 17.0 Å². The highest BCUT2D eigenvalue weighted by molar-refractivity contribution is 5.76. The SMILES string of the molecule is CC(C)C1CN(C(=O)Cn2ccccc2=O)CCCN1Cc1ccc(F)cc1. The molecule has 2 aromatic rings. The molecule has 1 unspecified atom stereocenters. The predicted molar refractivity (Wildman–Crippen MR) is 107 cm³/mol. The molecule has 6 heteroatoms. The lowest BCUT2D eigenvalue weighted by molar-refractivity contribution is -0.132. The van der Waals surface area contributed by atoms with Crippen molar-refractivity contribution in [3.05, 3.63) is 70.4 Å². The van der Waals surface area contributed by atoms with Crippen LogP contribution in [0.3, 0.4) is 0 Å². The number of rotatable bonds is 5. The van der Waals surface area contributed by atoms with E-state index in [9.17, 15) is 14.0 Å². The van der Waals surface area contributed by atoms with E-state index in [4.69, 9.17) is 0 Å². The molecule has 0 aliphatic carbocycles. The minimum atomic E-state index is -0.229. The minimum Gasteiger partial charge on any atom is -0.340 e. The Balaban J connectivity index is 1.71. The number of amides is 1. The van der Waals surface area contributed by atoms with E-state index in [0.717, 1.165) is 25.1 Å². The quantitative estimate of drug-likeness (QED) is 0.795. The number of benzene rings is 1. The second-order valence-electron chi connectivity index (χ2n) is 7.77. The molecular weight excluding hydrogens is 357 g/mol. The van der Waals surface area contributed by atoms with Crippen LogP contribution in [0, 0.1) is 11.7 Å². The van der Waals surface area contributed by atoms with Crippen LogP contribution in [0.4, 0.5) is 4.39 Å². The summed E-state index contributed by atoms with van der Waals surface area (Å²) in [5, 5.41) is 0. The molecule has 2 heterocycles. The zero-order valence-corrected chi connectivity index (χ0v) is 16.6. The van der Waals surface area contributed by atoms with Gasteiger partial charge in [0.05, 0.1) is 0 Å². The monoisotopic (exact) mass is 385 g/mol. The smallest absolute Gasteiger partial charge is 0.250 e. The molecule has 0 radical (unpaired) electrons. The minimum absolute atomic E-state index is 0.0254. The lowest BCUT2D eigenvalue weighted by Crippen LogP contribution is -2.46. The maximum absolute atomic E-state index is 13.2. The number of hydrogen-bond donors (Lipinski definition) is 0. The summed E-state index contributed by atoms with van der Waals surface area (Å²) < 4.78 is 14.7. The Morgan fingerprint density at radius 2 is 1.89 bits per heavy atom. The Morgan fingerprint density at radius 3 is 2.57 bits per heavy atom. The van der Waals surface area contributed by atoms with Crippen LogP contribution in [0.5, 0.6) is 0 Å². The van der Waals surface area contributed by atoms with Gasteiger partial charge in [0, 0.05) is 44.5 Å². The van der Waals surface area contributed by atoms with Crippen LogP contribution in [0.15, 0.2) is 53.5 Å². The Bertz CT molecular complexity index is 847. The molecule has 5 nitrogen and oxygen atoms in total. The van der Waals surface area contributed by atoms with Gasteiger partial charge in [0.1, 0.15) is 12.4 Å². The van der Waals surface area contributed by atoms with Crippen molar-refractivity contribution < 1.29 is 9.18 Å². The topological polar surface area (TPSA) is 45.6 Å². The van der Waals surface area contributed by atoms with Crippen molar-refractivity contribution in [3.63, 3.8) is 0 Å². The Kier molecular flexibility index (Phi) is 6.62. The highest BCUT2D eigenvalue weighted by Crippen LogP contribution is 2.20. The van der Waals surface area contributed by atoms with Gasteiger partial charge >= 0.3 is 0 Å². The van der Waals surface area contributed by atoms with Crippen LogP contribution in [0.1, 0.15) is 25.8 Å². The number of carbonyl (C=O) groups excluding carboxylic acids is 1. The zero-order valence-electron chi connectivity index (χ0n) is 16.6. The Labute approximate surface area is 165 Å². The van der Waals surface area contributed by atoms with Gasteiger partial charge in [0.25, 0.3) is 5.56 Å². The highest BCUT2D eigenvalue weighted by atomic mass is 19.1. The first-order valence-corrected chi connectivity index (χ1v) is 9.86. The largest absolute Gasteiger partial charge is 0.340 e. The van der Waals surface area contributed by atoms with Gasteiger partial charge in [0.15, 0.2) is 0 Å². The summed E-state index contributed by atoms with van der Waals surface area (Å²) in [4.78, 5) is 29.0. The average Bonchev–Trinajstić information content (AvgIpc) is 2.88. The first-order valence-electron chi connectivity index (χ1n) is 9.86. The van der Waals surface area contributed by atoms with Gasteiger partial charge < -0.3 is 9.47 Å². The molecule has 1 saturated heterocycles. The van der Waals surface area contributed by atoms with Crippen molar-refractivity contribution >= 4 is 5.91 Å². The molecule has 28 heavy (non-hydrogen) atoms. The number of halogens is 1. The molecular formula is C22H28FN3O2. The van der Waals surface area contributed by atoms with Gasteiger partial charge in [-0.1, -0.05) is 32.0 Å². The second-order valence-corrected chi connectivity index (χ2v) is 7.77. The average molecular weight is 385 g/mol. The van der Waals surface area contributed by atoms with Gasteiger partial charge in [0.2, 0.25) is 5.91 Å². The van der Waals surface area contributed by atoms with E-state index in [1.165, 1.54) is 22.8 Å². The van der Waals surface area contributed by atoms with Gasteiger partial charge in [-0.15, -0.1) is 0 Å². The molecule has 1 atom stereocenters. The first-order chi connectivity index (χ1) is 13.4. The van der Waals surface area contributed by atoms with Gasteiger partial charge in [-0.3, -0.25) is 14.5 Å². The van der Waals surface area contributed by atoms with E-state index < -0.39 is 0 Å². The van der Waals surface area contributed by atoms with Crippen molar-refractivity contribution in [2.45, 2.75) is 39.4 Å². The van der Waals surface area contributed by atoms with Crippen LogP contribution in [0.2, 0.25) is 0 Å². The van der Waals surface area contributed by atoms with E-state index >= 15 is 0 Å². The van der Waals surface area contributed by atoms with Crippen LogP contribution in [0.25, 0.3) is 0 Å². The van der Waals surface area contributed by atoms with E-state index in [-0.39, 0.29) is 29.9 Å². The molecule has 1 aliphatic rings. The number of carbonyl (C=O) groups is 1.